The first-order chi connectivity index (χ1) is 16.3. The van der Waals surface area contributed by atoms with E-state index in [4.69, 9.17) is 13.9 Å². The predicted molar refractivity (Wildman–Crippen MR) is 131 cm³/mol. The van der Waals surface area contributed by atoms with Crippen LogP contribution >= 0.6 is 11.3 Å². The zero-order valence-corrected chi connectivity index (χ0v) is 19.8. The van der Waals surface area contributed by atoms with Crippen LogP contribution in [-0.2, 0) is 11.3 Å². The molecule has 4 aromatic rings. The van der Waals surface area contributed by atoms with E-state index < -0.39 is 11.6 Å². The molecule has 0 bridgehead atoms. The van der Waals surface area contributed by atoms with Gasteiger partial charge in [0, 0.05) is 23.1 Å². The van der Waals surface area contributed by atoms with E-state index in [0.29, 0.717) is 33.4 Å². The van der Waals surface area contributed by atoms with Crippen molar-refractivity contribution < 1.29 is 23.5 Å². The van der Waals surface area contributed by atoms with Crippen molar-refractivity contribution in [2.75, 3.05) is 11.9 Å². The maximum atomic E-state index is 12.6. The second kappa shape index (κ2) is 9.93. The fraction of sp³-hybridized carbons (Fsp3) is 0.192. The van der Waals surface area contributed by atoms with Gasteiger partial charge in [-0.2, -0.15) is 0 Å². The number of hydrogen-bond donors (Lipinski definition) is 1. The van der Waals surface area contributed by atoms with Crippen LogP contribution in [0.5, 0.6) is 5.75 Å². The van der Waals surface area contributed by atoms with E-state index in [1.165, 1.54) is 17.4 Å². The summed E-state index contributed by atoms with van der Waals surface area (Å²) in [4.78, 5) is 36.7. The summed E-state index contributed by atoms with van der Waals surface area (Å²) in [6.07, 6.45) is 0. The molecule has 4 rings (SSSR count). The lowest BCUT2D eigenvalue weighted by Crippen LogP contribution is -2.11. The van der Waals surface area contributed by atoms with Crippen molar-refractivity contribution in [3.05, 3.63) is 92.1 Å². The molecule has 174 valence electrons. The number of benzene rings is 2. The van der Waals surface area contributed by atoms with Crippen LogP contribution in [0.3, 0.4) is 0 Å². The average Bonchev–Trinajstić information content (AvgIpc) is 3.17. The molecule has 0 aliphatic carbocycles. The molecule has 0 aliphatic heterocycles. The Bertz CT molecular complexity index is 1420. The fourth-order valence-corrected chi connectivity index (χ4v) is 4.40. The second-order valence-electron chi connectivity index (χ2n) is 7.69. The zero-order chi connectivity index (χ0) is 24.2. The minimum atomic E-state index is -0.397. The maximum Gasteiger partial charge on any atom is 0.348 e. The number of anilines is 1. The van der Waals surface area contributed by atoms with E-state index in [9.17, 15) is 14.4 Å². The number of esters is 1. The van der Waals surface area contributed by atoms with Crippen LogP contribution in [0.2, 0.25) is 0 Å². The minimum Gasteiger partial charge on any atom is -0.489 e. The van der Waals surface area contributed by atoms with E-state index in [2.05, 4.69) is 5.32 Å². The van der Waals surface area contributed by atoms with Crippen molar-refractivity contribution in [3.8, 4) is 5.75 Å². The van der Waals surface area contributed by atoms with E-state index in [0.717, 1.165) is 22.1 Å². The molecule has 2 aromatic carbocycles. The molecule has 0 unspecified atom stereocenters. The summed E-state index contributed by atoms with van der Waals surface area (Å²) in [6.45, 7) is 6.00. The first-order valence-corrected chi connectivity index (χ1v) is 11.5. The first-order valence-electron chi connectivity index (χ1n) is 10.7. The van der Waals surface area contributed by atoms with Gasteiger partial charge in [0.15, 0.2) is 0 Å². The predicted octanol–water partition coefficient (Wildman–Crippen LogP) is 5.48. The molecule has 0 fully saturated rings. The van der Waals surface area contributed by atoms with Crippen LogP contribution in [0, 0.1) is 13.8 Å². The van der Waals surface area contributed by atoms with E-state index >= 15 is 0 Å². The Kier molecular flexibility index (Phi) is 6.79. The quantitative estimate of drug-likeness (QED) is 0.280. The normalized spacial score (nSPS) is 10.8. The van der Waals surface area contributed by atoms with Crippen molar-refractivity contribution in [2.24, 2.45) is 0 Å². The third-order valence-electron chi connectivity index (χ3n) is 5.16. The van der Waals surface area contributed by atoms with Crippen LogP contribution in [0.25, 0.3) is 11.0 Å². The second-order valence-corrected chi connectivity index (χ2v) is 8.74. The summed E-state index contributed by atoms with van der Waals surface area (Å²) >= 11 is 1.19. The SMILES string of the molecule is CCOC(=O)c1sc(NC(=O)c2ccc(COc3ccc4c(C)cc(=O)oc4c3)cc2)cc1C. The van der Waals surface area contributed by atoms with Crippen LogP contribution in [0.1, 0.15) is 43.6 Å². The standard InChI is InChI=1S/C26H23NO6S/c1-4-31-26(30)24-16(3)11-22(34-24)27-25(29)18-7-5-17(6-8-18)14-32-19-9-10-20-15(2)12-23(28)33-21(20)13-19/h5-13H,4,14H2,1-3H3,(H,27,29). The molecule has 0 aliphatic rings. The van der Waals surface area contributed by atoms with Crippen molar-refractivity contribution >= 4 is 39.2 Å². The Hall–Kier alpha value is -3.91. The number of amides is 1. The number of fused-ring (bicyclic) bond motifs is 1. The number of carbonyl (C=O) groups is 2. The summed E-state index contributed by atoms with van der Waals surface area (Å²) in [7, 11) is 0. The van der Waals surface area contributed by atoms with Crippen molar-refractivity contribution in [1.82, 2.24) is 0 Å². The molecule has 34 heavy (non-hydrogen) atoms. The highest BCUT2D eigenvalue weighted by molar-refractivity contribution is 7.18. The molecule has 8 heteroatoms. The third kappa shape index (κ3) is 5.18. The number of carbonyl (C=O) groups excluding carboxylic acids is 2. The maximum absolute atomic E-state index is 12.6. The molecule has 2 aromatic heterocycles. The Labute approximate surface area is 199 Å². The molecule has 0 spiro atoms. The number of rotatable bonds is 7. The topological polar surface area (TPSA) is 94.8 Å². The van der Waals surface area contributed by atoms with E-state index in [-0.39, 0.29) is 12.5 Å². The van der Waals surface area contributed by atoms with Gasteiger partial charge in [0.1, 0.15) is 22.8 Å². The smallest absolute Gasteiger partial charge is 0.348 e. The lowest BCUT2D eigenvalue weighted by Gasteiger charge is -2.09. The molecule has 1 N–H and O–H groups in total. The molecule has 0 saturated heterocycles. The summed E-state index contributed by atoms with van der Waals surface area (Å²) in [5.74, 6) is -0.0869. The summed E-state index contributed by atoms with van der Waals surface area (Å²) < 4.78 is 16.1. The van der Waals surface area contributed by atoms with E-state index in [1.807, 2.05) is 31.2 Å². The van der Waals surface area contributed by atoms with Gasteiger partial charge in [0.2, 0.25) is 0 Å². The Morgan fingerprint density at radius 2 is 1.76 bits per heavy atom. The molecule has 1 amide bonds. The van der Waals surface area contributed by atoms with Crippen LogP contribution in [0.4, 0.5) is 5.00 Å². The number of thiophene rings is 1. The van der Waals surface area contributed by atoms with Gasteiger partial charge in [-0.05, 0) is 67.8 Å². The molecular weight excluding hydrogens is 454 g/mol. The number of aryl methyl sites for hydroxylation is 2. The molecule has 7 nitrogen and oxygen atoms in total. The van der Waals surface area contributed by atoms with Gasteiger partial charge in [-0.3, -0.25) is 4.79 Å². The Balaban J connectivity index is 1.39. The molecule has 0 atom stereocenters. The van der Waals surface area contributed by atoms with Crippen LogP contribution in [0.15, 0.2) is 63.8 Å². The van der Waals surface area contributed by atoms with Gasteiger partial charge in [-0.25, -0.2) is 9.59 Å². The average molecular weight is 478 g/mol. The van der Waals surface area contributed by atoms with Gasteiger partial charge in [-0.15, -0.1) is 11.3 Å². The molecule has 0 radical (unpaired) electrons. The number of nitrogens with one attached hydrogen (secondary N) is 1. The van der Waals surface area contributed by atoms with Gasteiger partial charge >= 0.3 is 11.6 Å². The van der Waals surface area contributed by atoms with Gasteiger partial charge < -0.3 is 19.2 Å². The molecule has 2 heterocycles. The third-order valence-corrected chi connectivity index (χ3v) is 6.29. The zero-order valence-electron chi connectivity index (χ0n) is 19.0. The van der Waals surface area contributed by atoms with Gasteiger partial charge in [0.25, 0.3) is 5.91 Å². The first kappa shape index (κ1) is 23.3. The summed E-state index contributed by atoms with van der Waals surface area (Å²) in [6, 6.07) is 15.6. The Morgan fingerprint density at radius 3 is 2.50 bits per heavy atom. The summed E-state index contributed by atoms with van der Waals surface area (Å²) in [5.41, 5.74) is 3.04. The molecular formula is C26H23NO6S. The van der Waals surface area contributed by atoms with Gasteiger partial charge in [-0.1, -0.05) is 12.1 Å². The molecule has 0 saturated carbocycles. The van der Waals surface area contributed by atoms with Crippen molar-refractivity contribution in [1.29, 1.82) is 0 Å². The lowest BCUT2D eigenvalue weighted by molar-refractivity contribution is 0.0531. The minimum absolute atomic E-state index is 0.274. The van der Waals surface area contributed by atoms with Gasteiger partial charge in [0.05, 0.1) is 11.6 Å². The highest BCUT2D eigenvalue weighted by Crippen LogP contribution is 2.28. The van der Waals surface area contributed by atoms with Crippen LogP contribution < -0.4 is 15.7 Å². The van der Waals surface area contributed by atoms with Crippen molar-refractivity contribution in [3.63, 3.8) is 0 Å². The Morgan fingerprint density at radius 1 is 1.00 bits per heavy atom. The largest absolute Gasteiger partial charge is 0.489 e. The van der Waals surface area contributed by atoms with Crippen LogP contribution in [-0.4, -0.2) is 18.5 Å². The summed E-state index contributed by atoms with van der Waals surface area (Å²) in [5, 5.41) is 4.26. The number of hydrogen-bond acceptors (Lipinski definition) is 7. The highest BCUT2D eigenvalue weighted by atomic mass is 32.1. The number of ether oxygens (including phenoxy) is 2. The van der Waals surface area contributed by atoms with E-state index in [1.54, 1.807) is 38.1 Å². The van der Waals surface area contributed by atoms with Crippen molar-refractivity contribution in [2.45, 2.75) is 27.4 Å². The fourth-order valence-electron chi connectivity index (χ4n) is 3.44. The lowest BCUT2D eigenvalue weighted by atomic mass is 10.1. The monoisotopic (exact) mass is 477 g/mol. The highest BCUT2D eigenvalue weighted by Gasteiger charge is 2.16.